The number of hydrogen-bond donors (Lipinski definition) is 2. The Kier molecular flexibility index (Phi) is 4.68. The van der Waals surface area contributed by atoms with Gasteiger partial charge in [-0.2, -0.15) is 0 Å². The summed E-state index contributed by atoms with van der Waals surface area (Å²) in [7, 11) is 1.90. The first-order valence-electron chi connectivity index (χ1n) is 8.70. The molecule has 6 heteroatoms. The molecule has 0 fully saturated rings. The molecular weight excluding hydrogens is 406 g/mol. The number of benzene rings is 3. The number of likely N-dealkylation sites (N-methyl/N-ethyl adjacent to an activating group) is 1. The number of anilines is 2. The minimum absolute atomic E-state index is 0.302. The Morgan fingerprint density at radius 1 is 0.926 bits per heavy atom. The van der Waals surface area contributed by atoms with Crippen LogP contribution in [0.3, 0.4) is 0 Å². The van der Waals surface area contributed by atoms with E-state index in [1.807, 2.05) is 37.4 Å². The van der Waals surface area contributed by atoms with Crippen LogP contribution in [0.5, 0.6) is 0 Å². The lowest BCUT2D eigenvalue weighted by atomic mass is 9.92. The van der Waals surface area contributed by atoms with E-state index in [4.69, 9.17) is 0 Å². The fourth-order valence-electron chi connectivity index (χ4n) is 3.42. The predicted octanol–water partition coefficient (Wildman–Crippen LogP) is 4.03. The van der Waals surface area contributed by atoms with E-state index in [0.717, 1.165) is 28.6 Å². The second-order valence-electron chi connectivity index (χ2n) is 6.34. The van der Waals surface area contributed by atoms with E-state index in [2.05, 4.69) is 26.6 Å². The average molecular weight is 424 g/mol. The van der Waals surface area contributed by atoms with Crippen molar-refractivity contribution in [3.8, 4) is 0 Å². The molecule has 0 radical (unpaired) electrons. The van der Waals surface area contributed by atoms with E-state index in [9.17, 15) is 9.59 Å². The van der Waals surface area contributed by atoms with Gasteiger partial charge in [0.25, 0.3) is 11.8 Å². The smallest absolute Gasteiger partial charge is 0.265 e. The van der Waals surface area contributed by atoms with Gasteiger partial charge in [-0.3, -0.25) is 9.59 Å². The van der Waals surface area contributed by atoms with E-state index in [-0.39, 0.29) is 11.8 Å². The molecule has 0 atom stereocenters. The standard InChI is InChI=1S/C21H18BrN3O2/c1-23-10-11-24-18-9-8-17-19-15(18)6-3-7-16(19)20(26)25(21(17)27)14-5-2-4-13(22)12-14/h2-9,12,23-24H,10-11H2,1H3. The largest absolute Gasteiger partial charge is 0.383 e. The van der Waals surface area contributed by atoms with Crippen molar-refractivity contribution in [2.75, 3.05) is 30.4 Å². The van der Waals surface area contributed by atoms with Gasteiger partial charge in [0.05, 0.1) is 5.69 Å². The number of nitrogens with zero attached hydrogens (tertiary/aromatic N) is 1. The average Bonchev–Trinajstić information content (AvgIpc) is 2.67. The SMILES string of the molecule is CNCCNc1ccc2c3c(cccc13)C(=O)N(c1cccc(Br)c1)C2=O. The Bertz CT molecular complexity index is 1040. The number of halogens is 1. The molecule has 3 aromatic carbocycles. The topological polar surface area (TPSA) is 61.4 Å². The highest BCUT2D eigenvalue weighted by Crippen LogP contribution is 2.36. The zero-order valence-corrected chi connectivity index (χ0v) is 16.3. The van der Waals surface area contributed by atoms with Gasteiger partial charge in [-0.1, -0.05) is 34.1 Å². The first-order chi connectivity index (χ1) is 13.1. The molecule has 0 bridgehead atoms. The normalized spacial score (nSPS) is 13.3. The minimum Gasteiger partial charge on any atom is -0.383 e. The highest BCUT2D eigenvalue weighted by atomic mass is 79.9. The summed E-state index contributed by atoms with van der Waals surface area (Å²) in [6.07, 6.45) is 0. The summed E-state index contributed by atoms with van der Waals surface area (Å²) in [5.74, 6) is -0.604. The van der Waals surface area contributed by atoms with E-state index >= 15 is 0 Å². The molecule has 5 nitrogen and oxygen atoms in total. The first kappa shape index (κ1) is 17.7. The molecule has 2 amide bonds. The molecule has 0 spiro atoms. The number of carbonyl (C=O) groups is 2. The number of hydrogen-bond acceptors (Lipinski definition) is 4. The molecule has 0 aliphatic carbocycles. The molecule has 1 aliphatic rings. The van der Waals surface area contributed by atoms with Gasteiger partial charge in [0.15, 0.2) is 0 Å². The highest BCUT2D eigenvalue weighted by molar-refractivity contribution is 9.10. The van der Waals surface area contributed by atoms with Crippen molar-refractivity contribution in [1.82, 2.24) is 5.32 Å². The van der Waals surface area contributed by atoms with Crippen molar-refractivity contribution >= 4 is 49.9 Å². The van der Waals surface area contributed by atoms with Crippen LogP contribution in [0.25, 0.3) is 10.8 Å². The van der Waals surface area contributed by atoms with Gasteiger partial charge in [0.2, 0.25) is 0 Å². The number of carbonyl (C=O) groups excluding carboxylic acids is 2. The van der Waals surface area contributed by atoms with Gasteiger partial charge in [-0.05, 0) is 43.4 Å². The summed E-state index contributed by atoms with van der Waals surface area (Å²) >= 11 is 3.41. The molecule has 136 valence electrons. The minimum atomic E-state index is -0.302. The Hall–Kier alpha value is -2.70. The zero-order valence-electron chi connectivity index (χ0n) is 14.8. The molecular formula is C21H18BrN3O2. The van der Waals surface area contributed by atoms with Crippen LogP contribution < -0.4 is 15.5 Å². The lowest BCUT2D eigenvalue weighted by molar-refractivity contribution is 0.0893. The second kappa shape index (κ2) is 7.13. The van der Waals surface area contributed by atoms with Crippen LogP contribution in [0, 0.1) is 0 Å². The summed E-state index contributed by atoms with van der Waals surface area (Å²) in [6.45, 7) is 1.57. The van der Waals surface area contributed by atoms with Crippen LogP contribution in [0.2, 0.25) is 0 Å². The zero-order chi connectivity index (χ0) is 19.0. The predicted molar refractivity (Wildman–Crippen MR) is 112 cm³/mol. The van der Waals surface area contributed by atoms with Crippen LogP contribution in [0.15, 0.2) is 59.1 Å². The molecule has 1 heterocycles. The maximum Gasteiger partial charge on any atom is 0.265 e. The maximum atomic E-state index is 13.2. The lowest BCUT2D eigenvalue weighted by Crippen LogP contribution is -2.40. The number of rotatable bonds is 5. The van der Waals surface area contributed by atoms with Crippen LogP contribution in [-0.4, -0.2) is 32.0 Å². The first-order valence-corrected chi connectivity index (χ1v) is 9.49. The summed E-state index contributed by atoms with van der Waals surface area (Å²) in [5.41, 5.74) is 2.55. The van der Waals surface area contributed by atoms with Crippen molar-refractivity contribution < 1.29 is 9.59 Å². The third-order valence-electron chi connectivity index (χ3n) is 4.66. The Balaban J connectivity index is 1.85. The van der Waals surface area contributed by atoms with Gasteiger partial charge < -0.3 is 10.6 Å². The molecule has 1 aliphatic heterocycles. The fourth-order valence-corrected chi connectivity index (χ4v) is 3.81. The molecule has 2 N–H and O–H groups in total. The van der Waals surface area contributed by atoms with Crippen molar-refractivity contribution in [3.05, 3.63) is 70.2 Å². The monoisotopic (exact) mass is 423 g/mol. The molecule has 0 saturated carbocycles. The van der Waals surface area contributed by atoms with Gasteiger partial charge in [-0.25, -0.2) is 4.90 Å². The van der Waals surface area contributed by atoms with Crippen molar-refractivity contribution in [2.45, 2.75) is 0 Å². The van der Waals surface area contributed by atoms with Crippen LogP contribution in [0.1, 0.15) is 20.7 Å². The Morgan fingerprint density at radius 3 is 2.41 bits per heavy atom. The second-order valence-corrected chi connectivity index (χ2v) is 7.26. The maximum absolute atomic E-state index is 13.2. The molecule has 4 rings (SSSR count). The van der Waals surface area contributed by atoms with E-state index in [1.165, 1.54) is 4.90 Å². The third kappa shape index (κ3) is 3.01. The highest BCUT2D eigenvalue weighted by Gasteiger charge is 2.34. The van der Waals surface area contributed by atoms with Gasteiger partial charge in [0.1, 0.15) is 0 Å². The quantitative estimate of drug-likeness (QED) is 0.480. The lowest BCUT2D eigenvalue weighted by Gasteiger charge is -2.28. The third-order valence-corrected chi connectivity index (χ3v) is 5.16. The van der Waals surface area contributed by atoms with Crippen LogP contribution in [0.4, 0.5) is 11.4 Å². The number of imide groups is 1. The van der Waals surface area contributed by atoms with E-state index in [1.54, 1.807) is 24.3 Å². The Morgan fingerprint density at radius 2 is 1.67 bits per heavy atom. The van der Waals surface area contributed by atoms with E-state index < -0.39 is 0 Å². The van der Waals surface area contributed by atoms with Crippen molar-refractivity contribution in [3.63, 3.8) is 0 Å². The molecule has 3 aromatic rings. The van der Waals surface area contributed by atoms with E-state index in [0.29, 0.717) is 22.2 Å². The van der Waals surface area contributed by atoms with Crippen LogP contribution in [-0.2, 0) is 0 Å². The van der Waals surface area contributed by atoms with Crippen molar-refractivity contribution in [2.24, 2.45) is 0 Å². The fraction of sp³-hybridized carbons (Fsp3) is 0.143. The van der Waals surface area contributed by atoms with Crippen LogP contribution >= 0.6 is 15.9 Å². The summed E-state index contributed by atoms with van der Waals surface area (Å²) in [4.78, 5) is 27.6. The summed E-state index contributed by atoms with van der Waals surface area (Å²) in [5, 5.41) is 8.06. The number of nitrogens with one attached hydrogen (secondary N) is 2. The molecule has 0 unspecified atom stereocenters. The number of amides is 2. The van der Waals surface area contributed by atoms with Gasteiger partial charge in [0, 0.05) is 45.1 Å². The molecule has 0 saturated heterocycles. The summed E-state index contributed by atoms with van der Waals surface area (Å²) < 4.78 is 0.814. The molecule has 0 aromatic heterocycles. The molecule has 27 heavy (non-hydrogen) atoms. The van der Waals surface area contributed by atoms with Crippen molar-refractivity contribution in [1.29, 1.82) is 0 Å². The van der Waals surface area contributed by atoms with Gasteiger partial charge >= 0.3 is 0 Å². The van der Waals surface area contributed by atoms with Gasteiger partial charge in [-0.15, -0.1) is 0 Å². The summed E-state index contributed by atoms with van der Waals surface area (Å²) in [6, 6.07) is 16.5. The Labute approximate surface area is 165 Å².